The molecule has 1 atom stereocenters. The molecule has 0 bridgehead atoms. The summed E-state index contributed by atoms with van der Waals surface area (Å²) in [6.07, 6.45) is 6.76. The fourth-order valence-electron chi connectivity index (χ4n) is 3.51. The summed E-state index contributed by atoms with van der Waals surface area (Å²) >= 11 is 0. The van der Waals surface area contributed by atoms with E-state index >= 15 is 0 Å². The summed E-state index contributed by atoms with van der Waals surface area (Å²) in [6.45, 7) is 6.56. The van der Waals surface area contributed by atoms with Crippen LogP contribution in [-0.4, -0.2) is 45.5 Å². The summed E-state index contributed by atoms with van der Waals surface area (Å²) in [7, 11) is 0. The van der Waals surface area contributed by atoms with Gasteiger partial charge in [-0.05, 0) is 44.6 Å². The molecule has 7 heteroatoms. The first-order chi connectivity index (χ1) is 12.2. The molecule has 2 aromatic heterocycles. The zero-order valence-electron chi connectivity index (χ0n) is 14.8. The molecule has 1 amide bonds. The summed E-state index contributed by atoms with van der Waals surface area (Å²) in [5.41, 5.74) is 2.85. The molecule has 0 N–H and O–H groups in total. The maximum Gasteiger partial charge on any atom is 0.259 e. The first kappa shape index (κ1) is 16.3. The van der Waals surface area contributed by atoms with E-state index in [1.807, 2.05) is 15.8 Å². The number of ether oxygens (including phenoxy) is 1. The average molecular weight is 344 g/mol. The van der Waals surface area contributed by atoms with Gasteiger partial charge in [0.05, 0.1) is 30.7 Å². The van der Waals surface area contributed by atoms with Crippen molar-refractivity contribution < 1.29 is 14.1 Å². The Hall–Kier alpha value is -2.15. The van der Waals surface area contributed by atoms with Crippen molar-refractivity contribution in [3.05, 3.63) is 35.0 Å². The van der Waals surface area contributed by atoms with Crippen LogP contribution in [0.25, 0.3) is 0 Å². The molecule has 3 heterocycles. The van der Waals surface area contributed by atoms with Crippen molar-refractivity contribution in [3.8, 4) is 0 Å². The lowest BCUT2D eigenvalue weighted by molar-refractivity contribution is 0.0344. The molecular weight excluding hydrogens is 320 g/mol. The minimum atomic E-state index is -0.119. The van der Waals surface area contributed by atoms with Gasteiger partial charge in [-0.1, -0.05) is 5.16 Å². The third-order valence-electron chi connectivity index (χ3n) is 5.14. The van der Waals surface area contributed by atoms with Crippen molar-refractivity contribution in [2.75, 3.05) is 19.8 Å². The second kappa shape index (κ2) is 6.63. The molecule has 1 saturated carbocycles. The van der Waals surface area contributed by atoms with Crippen LogP contribution in [0.15, 0.2) is 16.9 Å². The highest BCUT2D eigenvalue weighted by Crippen LogP contribution is 2.33. The topological polar surface area (TPSA) is 73.4 Å². The lowest BCUT2D eigenvalue weighted by atomic mass is 9.99. The Morgan fingerprint density at radius 3 is 2.88 bits per heavy atom. The number of amides is 1. The van der Waals surface area contributed by atoms with Crippen LogP contribution in [0.5, 0.6) is 0 Å². The van der Waals surface area contributed by atoms with Crippen molar-refractivity contribution in [2.24, 2.45) is 5.92 Å². The molecule has 2 aromatic rings. The number of carbonyl (C=O) groups is 1. The number of rotatable bonds is 6. The lowest BCUT2D eigenvalue weighted by Gasteiger charge is -2.36. The molecule has 0 radical (unpaired) electrons. The van der Waals surface area contributed by atoms with Crippen LogP contribution in [-0.2, 0) is 17.7 Å². The number of fused-ring (bicyclic) bond motifs is 1. The zero-order chi connectivity index (χ0) is 17.4. The second-order valence-electron chi connectivity index (χ2n) is 6.91. The van der Waals surface area contributed by atoms with Gasteiger partial charge in [0.2, 0.25) is 0 Å². The predicted octanol–water partition coefficient (Wildman–Crippen LogP) is 2.37. The molecule has 2 aliphatic rings. The number of carbonyl (C=O) groups excluding carboxylic acids is 1. The van der Waals surface area contributed by atoms with E-state index in [0.717, 1.165) is 25.3 Å². The van der Waals surface area contributed by atoms with Gasteiger partial charge < -0.3 is 14.2 Å². The van der Waals surface area contributed by atoms with Gasteiger partial charge in [-0.15, -0.1) is 0 Å². The normalized spacial score (nSPS) is 19.9. The first-order valence-corrected chi connectivity index (χ1v) is 9.03. The highest BCUT2D eigenvalue weighted by molar-refractivity contribution is 5.95. The van der Waals surface area contributed by atoms with E-state index in [9.17, 15) is 4.79 Å². The third kappa shape index (κ3) is 3.08. The molecule has 1 aliphatic heterocycles. The number of nitrogens with zero attached hydrogens (tertiary/aromatic N) is 4. The molecule has 0 saturated heterocycles. The SMILES string of the molecule is CCn1ncc2c1[C@@H](COCC1CC1)N(C(=O)c1cnoc1C)CC2. The van der Waals surface area contributed by atoms with E-state index in [1.54, 1.807) is 6.92 Å². The van der Waals surface area contributed by atoms with E-state index in [1.165, 1.54) is 24.6 Å². The number of hydrogen-bond donors (Lipinski definition) is 0. The summed E-state index contributed by atoms with van der Waals surface area (Å²) in [5, 5.41) is 8.24. The highest BCUT2D eigenvalue weighted by atomic mass is 16.5. The third-order valence-corrected chi connectivity index (χ3v) is 5.14. The Bertz CT molecular complexity index is 749. The fourth-order valence-corrected chi connectivity index (χ4v) is 3.51. The van der Waals surface area contributed by atoms with E-state index in [-0.39, 0.29) is 11.9 Å². The molecule has 0 aromatic carbocycles. The molecule has 0 spiro atoms. The van der Waals surface area contributed by atoms with Crippen LogP contribution in [0.3, 0.4) is 0 Å². The Labute approximate surface area is 146 Å². The smallest absolute Gasteiger partial charge is 0.259 e. The van der Waals surface area contributed by atoms with Crippen LogP contribution in [0, 0.1) is 12.8 Å². The maximum atomic E-state index is 13.1. The minimum absolute atomic E-state index is 0.0479. The maximum absolute atomic E-state index is 13.1. The van der Waals surface area contributed by atoms with Crippen LogP contribution in [0.2, 0.25) is 0 Å². The second-order valence-corrected chi connectivity index (χ2v) is 6.91. The number of hydrogen-bond acceptors (Lipinski definition) is 5. The number of aromatic nitrogens is 3. The largest absolute Gasteiger partial charge is 0.379 e. The van der Waals surface area contributed by atoms with Gasteiger partial charge in [0.1, 0.15) is 11.3 Å². The van der Waals surface area contributed by atoms with Crippen molar-refractivity contribution in [2.45, 2.75) is 45.7 Å². The van der Waals surface area contributed by atoms with Crippen molar-refractivity contribution >= 4 is 5.91 Å². The van der Waals surface area contributed by atoms with Gasteiger partial charge in [0, 0.05) is 19.7 Å². The van der Waals surface area contributed by atoms with Crippen LogP contribution >= 0.6 is 0 Å². The molecule has 1 aliphatic carbocycles. The summed E-state index contributed by atoms with van der Waals surface area (Å²) in [5.74, 6) is 1.20. The van der Waals surface area contributed by atoms with Crippen LogP contribution < -0.4 is 0 Å². The molecule has 4 rings (SSSR count). The van der Waals surface area contributed by atoms with Crippen molar-refractivity contribution in [1.29, 1.82) is 0 Å². The summed E-state index contributed by atoms with van der Waals surface area (Å²) in [4.78, 5) is 15.0. The van der Waals surface area contributed by atoms with Crippen LogP contribution in [0.1, 0.15) is 53.2 Å². The Kier molecular flexibility index (Phi) is 4.33. The molecule has 1 fully saturated rings. The Balaban J connectivity index is 1.62. The zero-order valence-corrected chi connectivity index (χ0v) is 14.8. The summed E-state index contributed by atoms with van der Waals surface area (Å²) in [6, 6.07) is -0.119. The standard InChI is InChI=1S/C18H24N4O3/c1-3-22-17-14(8-19-22)6-7-21(16(17)11-24-10-13-4-5-13)18(23)15-9-20-25-12(15)2/h8-9,13,16H,3-7,10-11H2,1-2H3/t16-/m1/s1. The van der Waals surface area contributed by atoms with Crippen molar-refractivity contribution in [3.63, 3.8) is 0 Å². The Morgan fingerprint density at radius 1 is 1.36 bits per heavy atom. The predicted molar refractivity (Wildman–Crippen MR) is 90.2 cm³/mol. The molecule has 7 nitrogen and oxygen atoms in total. The molecule has 134 valence electrons. The molecule has 0 unspecified atom stereocenters. The van der Waals surface area contributed by atoms with Gasteiger partial charge in [-0.25, -0.2) is 0 Å². The highest BCUT2D eigenvalue weighted by Gasteiger charge is 2.36. The first-order valence-electron chi connectivity index (χ1n) is 9.03. The summed E-state index contributed by atoms with van der Waals surface area (Å²) < 4.78 is 13.0. The van der Waals surface area contributed by atoms with Gasteiger partial charge in [0.15, 0.2) is 0 Å². The molecular formula is C18H24N4O3. The van der Waals surface area contributed by atoms with Gasteiger partial charge >= 0.3 is 0 Å². The lowest BCUT2D eigenvalue weighted by Crippen LogP contribution is -2.43. The monoisotopic (exact) mass is 344 g/mol. The van der Waals surface area contributed by atoms with E-state index in [4.69, 9.17) is 9.26 Å². The van der Waals surface area contributed by atoms with E-state index < -0.39 is 0 Å². The minimum Gasteiger partial charge on any atom is -0.379 e. The van der Waals surface area contributed by atoms with Crippen molar-refractivity contribution in [1.82, 2.24) is 19.8 Å². The van der Waals surface area contributed by atoms with E-state index in [2.05, 4.69) is 17.2 Å². The molecule has 25 heavy (non-hydrogen) atoms. The van der Waals surface area contributed by atoms with E-state index in [0.29, 0.717) is 30.4 Å². The quantitative estimate of drug-likeness (QED) is 0.804. The number of aryl methyl sites for hydroxylation is 2. The average Bonchev–Trinajstić information content (AvgIpc) is 3.18. The Morgan fingerprint density at radius 2 is 2.20 bits per heavy atom. The van der Waals surface area contributed by atoms with Crippen LogP contribution in [0.4, 0.5) is 0 Å². The fraction of sp³-hybridized carbons (Fsp3) is 0.611. The van der Waals surface area contributed by atoms with Gasteiger partial charge in [-0.2, -0.15) is 5.10 Å². The van der Waals surface area contributed by atoms with Gasteiger partial charge in [0.25, 0.3) is 5.91 Å². The van der Waals surface area contributed by atoms with Gasteiger partial charge in [-0.3, -0.25) is 9.48 Å².